The van der Waals surface area contributed by atoms with Crippen LogP contribution in [-0.2, 0) is 19.1 Å². The summed E-state index contributed by atoms with van der Waals surface area (Å²) in [5, 5.41) is 2.68. The molecule has 30 heavy (non-hydrogen) atoms. The van der Waals surface area contributed by atoms with Crippen molar-refractivity contribution in [3.05, 3.63) is 48.5 Å². The van der Waals surface area contributed by atoms with Crippen molar-refractivity contribution < 1.29 is 28.6 Å². The SMILES string of the molecule is COc1ccc(NC(=O)[C@@H](C)OC(=O)[C@H]2CC(=O)N(c3ccccc3OC)C2)cc1. The van der Waals surface area contributed by atoms with Gasteiger partial charge in [0.25, 0.3) is 5.91 Å². The Hall–Kier alpha value is -3.55. The van der Waals surface area contributed by atoms with E-state index in [1.807, 2.05) is 0 Å². The highest BCUT2D eigenvalue weighted by atomic mass is 16.5. The number of para-hydroxylation sites is 2. The van der Waals surface area contributed by atoms with Gasteiger partial charge in [-0.05, 0) is 43.3 Å². The summed E-state index contributed by atoms with van der Waals surface area (Å²) in [5.74, 6) is -0.682. The monoisotopic (exact) mass is 412 g/mol. The Kier molecular flexibility index (Phi) is 6.56. The fourth-order valence-corrected chi connectivity index (χ4v) is 3.19. The summed E-state index contributed by atoms with van der Waals surface area (Å²) in [6.45, 7) is 1.66. The quantitative estimate of drug-likeness (QED) is 0.703. The number of methoxy groups -OCH3 is 2. The molecule has 2 atom stereocenters. The van der Waals surface area contributed by atoms with E-state index in [-0.39, 0.29) is 18.9 Å². The average molecular weight is 412 g/mol. The molecule has 3 rings (SSSR count). The lowest BCUT2D eigenvalue weighted by atomic mass is 10.1. The molecule has 0 saturated carbocycles. The standard InChI is InChI=1S/C22H24N2O6/c1-14(21(26)23-16-8-10-17(28-2)11-9-16)30-22(27)15-12-20(25)24(13-15)18-6-4-5-7-19(18)29-3/h4-11,14-15H,12-13H2,1-3H3,(H,23,26)/t14-,15+/m1/s1. The van der Waals surface area contributed by atoms with E-state index in [1.165, 1.54) is 18.9 Å². The molecule has 1 aliphatic rings. The number of carbonyl (C=O) groups excluding carboxylic acids is 3. The van der Waals surface area contributed by atoms with Gasteiger partial charge in [0.15, 0.2) is 6.10 Å². The fraction of sp³-hybridized carbons (Fsp3) is 0.318. The van der Waals surface area contributed by atoms with Crippen molar-refractivity contribution in [2.75, 3.05) is 31.0 Å². The van der Waals surface area contributed by atoms with Crippen LogP contribution in [0.5, 0.6) is 11.5 Å². The molecule has 8 nitrogen and oxygen atoms in total. The van der Waals surface area contributed by atoms with E-state index in [0.717, 1.165) is 0 Å². The second-order valence-corrected chi connectivity index (χ2v) is 6.87. The Labute approximate surface area is 174 Å². The molecule has 0 aromatic heterocycles. The molecule has 1 saturated heterocycles. The maximum atomic E-state index is 12.5. The third kappa shape index (κ3) is 4.71. The van der Waals surface area contributed by atoms with Gasteiger partial charge in [-0.2, -0.15) is 0 Å². The summed E-state index contributed by atoms with van der Waals surface area (Å²) in [6, 6.07) is 13.9. The molecule has 0 radical (unpaired) electrons. The van der Waals surface area contributed by atoms with E-state index in [1.54, 1.807) is 55.6 Å². The van der Waals surface area contributed by atoms with Crippen LogP contribution in [0, 0.1) is 5.92 Å². The Bertz CT molecular complexity index is 927. The van der Waals surface area contributed by atoms with Gasteiger partial charge in [0, 0.05) is 18.7 Å². The maximum absolute atomic E-state index is 12.5. The van der Waals surface area contributed by atoms with Crippen molar-refractivity contribution in [1.82, 2.24) is 0 Å². The number of ether oxygens (including phenoxy) is 3. The lowest BCUT2D eigenvalue weighted by molar-refractivity contribution is -0.157. The molecule has 2 aromatic carbocycles. The summed E-state index contributed by atoms with van der Waals surface area (Å²) < 4.78 is 15.7. The number of carbonyl (C=O) groups is 3. The minimum atomic E-state index is -1.00. The highest BCUT2D eigenvalue weighted by molar-refractivity contribution is 6.01. The van der Waals surface area contributed by atoms with Crippen LogP contribution in [0.4, 0.5) is 11.4 Å². The number of nitrogens with zero attached hydrogens (tertiary/aromatic N) is 1. The van der Waals surface area contributed by atoms with Gasteiger partial charge in [-0.3, -0.25) is 14.4 Å². The number of esters is 1. The van der Waals surface area contributed by atoms with E-state index in [0.29, 0.717) is 22.9 Å². The third-order valence-electron chi connectivity index (χ3n) is 4.85. The minimum Gasteiger partial charge on any atom is -0.497 e. The Balaban J connectivity index is 1.58. The second kappa shape index (κ2) is 9.30. The molecule has 1 N–H and O–H groups in total. The van der Waals surface area contributed by atoms with Gasteiger partial charge in [-0.15, -0.1) is 0 Å². The molecule has 2 amide bonds. The first kappa shape index (κ1) is 21.2. The molecular weight excluding hydrogens is 388 g/mol. The zero-order valence-corrected chi connectivity index (χ0v) is 17.1. The number of benzene rings is 2. The van der Waals surface area contributed by atoms with Crippen molar-refractivity contribution in [2.24, 2.45) is 5.92 Å². The molecule has 8 heteroatoms. The molecule has 2 aromatic rings. The topological polar surface area (TPSA) is 94.2 Å². The zero-order chi connectivity index (χ0) is 21.7. The summed E-state index contributed by atoms with van der Waals surface area (Å²) in [6.07, 6.45) is -0.987. The van der Waals surface area contributed by atoms with Gasteiger partial charge in [0.1, 0.15) is 11.5 Å². The molecule has 0 aliphatic carbocycles. The summed E-state index contributed by atoms with van der Waals surface area (Å²) >= 11 is 0. The first-order valence-electron chi connectivity index (χ1n) is 9.51. The first-order chi connectivity index (χ1) is 14.4. The normalized spacial score (nSPS) is 16.7. The smallest absolute Gasteiger partial charge is 0.312 e. The summed E-state index contributed by atoms with van der Waals surface area (Å²) in [4.78, 5) is 38.8. The van der Waals surface area contributed by atoms with E-state index in [4.69, 9.17) is 14.2 Å². The van der Waals surface area contributed by atoms with Crippen LogP contribution in [0.2, 0.25) is 0 Å². The largest absolute Gasteiger partial charge is 0.497 e. The predicted molar refractivity (Wildman–Crippen MR) is 111 cm³/mol. The van der Waals surface area contributed by atoms with E-state index in [2.05, 4.69) is 5.32 Å². The highest BCUT2D eigenvalue weighted by Gasteiger charge is 2.38. The molecule has 0 spiro atoms. The lowest BCUT2D eigenvalue weighted by Crippen LogP contribution is -2.33. The molecule has 1 heterocycles. The third-order valence-corrected chi connectivity index (χ3v) is 4.85. The molecule has 0 bridgehead atoms. The molecule has 158 valence electrons. The number of anilines is 2. The number of hydrogen-bond acceptors (Lipinski definition) is 6. The molecule has 1 fully saturated rings. The summed E-state index contributed by atoms with van der Waals surface area (Å²) in [7, 11) is 3.08. The number of rotatable bonds is 7. The van der Waals surface area contributed by atoms with Gasteiger partial charge in [-0.1, -0.05) is 12.1 Å². The van der Waals surface area contributed by atoms with E-state index >= 15 is 0 Å². The van der Waals surface area contributed by atoms with E-state index in [9.17, 15) is 14.4 Å². The van der Waals surface area contributed by atoms with Crippen molar-refractivity contribution >= 4 is 29.2 Å². The van der Waals surface area contributed by atoms with Crippen molar-refractivity contribution in [2.45, 2.75) is 19.4 Å². The molecular formula is C22H24N2O6. The minimum absolute atomic E-state index is 0.0176. The lowest BCUT2D eigenvalue weighted by Gasteiger charge is -2.20. The zero-order valence-electron chi connectivity index (χ0n) is 17.1. The van der Waals surface area contributed by atoms with Crippen LogP contribution in [0.1, 0.15) is 13.3 Å². The van der Waals surface area contributed by atoms with Crippen LogP contribution in [0.3, 0.4) is 0 Å². The first-order valence-corrected chi connectivity index (χ1v) is 9.51. The van der Waals surface area contributed by atoms with Gasteiger partial charge in [-0.25, -0.2) is 0 Å². The Morgan fingerprint density at radius 1 is 1.07 bits per heavy atom. The number of hydrogen-bond donors (Lipinski definition) is 1. The fourth-order valence-electron chi connectivity index (χ4n) is 3.19. The van der Waals surface area contributed by atoms with Gasteiger partial charge < -0.3 is 24.4 Å². The van der Waals surface area contributed by atoms with Crippen molar-refractivity contribution in [1.29, 1.82) is 0 Å². The average Bonchev–Trinajstić information content (AvgIpc) is 3.15. The van der Waals surface area contributed by atoms with Crippen LogP contribution in [0.15, 0.2) is 48.5 Å². The molecule has 1 aliphatic heterocycles. The Morgan fingerprint density at radius 2 is 1.77 bits per heavy atom. The van der Waals surface area contributed by atoms with Crippen LogP contribution in [-0.4, -0.2) is 44.7 Å². The van der Waals surface area contributed by atoms with Gasteiger partial charge in [0.05, 0.1) is 25.8 Å². The second-order valence-electron chi connectivity index (χ2n) is 6.87. The van der Waals surface area contributed by atoms with Crippen LogP contribution in [0.25, 0.3) is 0 Å². The van der Waals surface area contributed by atoms with Gasteiger partial charge in [0.2, 0.25) is 5.91 Å². The van der Waals surface area contributed by atoms with Gasteiger partial charge >= 0.3 is 5.97 Å². The maximum Gasteiger partial charge on any atom is 0.312 e. The summed E-state index contributed by atoms with van der Waals surface area (Å²) in [5.41, 5.74) is 1.16. The predicted octanol–water partition coefficient (Wildman–Crippen LogP) is 2.63. The number of amides is 2. The van der Waals surface area contributed by atoms with E-state index < -0.39 is 23.9 Å². The van der Waals surface area contributed by atoms with Crippen molar-refractivity contribution in [3.8, 4) is 11.5 Å². The number of nitrogens with one attached hydrogen (secondary N) is 1. The highest BCUT2D eigenvalue weighted by Crippen LogP contribution is 2.33. The van der Waals surface area contributed by atoms with Crippen LogP contribution < -0.4 is 19.7 Å². The Morgan fingerprint density at radius 3 is 2.43 bits per heavy atom. The molecule has 0 unspecified atom stereocenters. The van der Waals surface area contributed by atoms with Crippen LogP contribution >= 0.6 is 0 Å². The van der Waals surface area contributed by atoms with Crippen molar-refractivity contribution in [3.63, 3.8) is 0 Å².